The molecule has 3 heteroatoms. The van der Waals surface area contributed by atoms with Crippen molar-refractivity contribution in [1.29, 1.82) is 5.26 Å². The Bertz CT molecular complexity index is 130. The quantitative estimate of drug-likeness (QED) is 0.577. The van der Waals surface area contributed by atoms with E-state index in [9.17, 15) is 0 Å². The van der Waals surface area contributed by atoms with Crippen molar-refractivity contribution in [2.24, 2.45) is 0 Å². The van der Waals surface area contributed by atoms with Crippen molar-refractivity contribution in [3.05, 3.63) is 0 Å². The molecule has 0 aromatic rings. The largest absolute Gasteiger partial charge is 0.301 e. The standard InChI is InChI=1S/C6H9BrN2/c7-5-2-1-3-9-6(5)4-8/h5-6,9H,1-3H2. The molecule has 0 aromatic heterocycles. The van der Waals surface area contributed by atoms with E-state index in [-0.39, 0.29) is 6.04 Å². The Kier molecular flexibility index (Phi) is 2.49. The molecule has 2 atom stereocenters. The average Bonchev–Trinajstić information content (AvgIpc) is 1.89. The van der Waals surface area contributed by atoms with E-state index in [1.54, 1.807) is 0 Å². The topological polar surface area (TPSA) is 35.8 Å². The highest BCUT2D eigenvalue weighted by Crippen LogP contribution is 2.15. The first-order valence-corrected chi connectivity index (χ1v) is 4.03. The molecule has 1 saturated heterocycles. The highest BCUT2D eigenvalue weighted by molar-refractivity contribution is 9.09. The zero-order valence-electron chi connectivity index (χ0n) is 5.10. The normalized spacial score (nSPS) is 35.6. The summed E-state index contributed by atoms with van der Waals surface area (Å²) >= 11 is 3.43. The van der Waals surface area contributed by atoms with Crippen LogP contribution in [-0.2, 0) is 0 Å². The molecule has 0 aromatic carbocycles. The summed E-state index contributed by atoms with van der Waals surface area (Å²) in [7, 11) is 0. The molecule has 2 unspecified atom stereocenters. The molecule has 1 rings (SSSR count). The Hall–Kier alpha value is -0.0700. The van der Waals surface area contributed by atoms with E-state index in [0.717, 1.165) is 13.0 Å². The summed E-state index contributed by atoms with van der Waals surface area (Å²) in [5.41, 5.74) is 0. The predicted molar refractivity (Wildman–Crippen MR) is 39.4 cm³/mol. The van der Waals surface area contributed by atoms with E-state index in [1.807, 2.05) is 0 Å². The predicted octanol–water partition coefficient (Wildman–Crippen LogP) is 1.03. The molecule has 2 nitrogen and oxygen atoms in total. The van der Waals surface area contributed by atoms with Gasteiger partial charge in [0.25, 0.3) is 0 Å². The summed E-state index contributed by atoms with van der Waals surface area (Å²) in [6.07, 6.45) is 2.29. The van der Waals surface area contributed by atoms with Crippen molar-refractivity contribution in [3.8, 4) is 6.07 Å². The van der Waals surface area contributed by atoms with E-state index >= 15 is 0 Å². The van der Waals surface area contributed by atoms with E-state index < -0.39 is 0 Å². The maximum atomic E-state index is 8.52. The van der Waals surface area contributed by atoms with Crippen LogP contribution in [0.3, 0.4) is 0 Å². The van der Waals surface area contributed by atoms with Gasteiger partial charge in [0.2, 0.25) is 0 Å². The summed E-state index contributed by atoms with van der Waals surface area (Å²) < 4.78 is 0. The van der Waals surface area contributed by atoms with Gasteiger partial charge in [-0.1, -0.05) is 15.9 Å². The van der Waals surface area contributed by atoms with E-state index in [2.05, 4.69) is 27.3 Å². The second-order valence-electron chi connectivity index (χ2n) is 2.22. The lowest BCUT2D eigenvalue weighted by Gasteiger charge is -2.22. The second kappa shape index (κ2) is 3.19. The fraction of sp³-hybridized carbons (Fsp3) is 0.833. The fourth-order valence-corrected chi connectivity index (χ4v) is 1.60. The molecule has 0 amide bonds. The molecular formula is C6H9BrN2. The van der Waals surface area contributed by atoms with Crippen LogP contribution in [0.4, 0.5) is 0 Å². The van der Waals surface area contributed by atoms with Gasteiger partial charge in [-0.15, -0.1) is 0 Å². The number of halogens is 1. The number of alkyl halides is 1. The average molecular weight is 189 g/mol. The summed E-state index contributed by atoms with van der Waals surface area (Å²) in [6, 6.07) is 2.22. The number of hydrogen-bond acceptors (Lipinski definition) is 2. The van der Waals surface area contributed by atoms with Crippen LogP contribution >= 0.6 is 15.9 Å². The van der Waals surface area contributed by atoms with Crippen LogP contribution in [0.25, 0.3) is 0 Å². The third-order valence-corrected chi connectivity index (χ3v) is 2.51. The summed E-state index contributed by atoms with van der Waals surface area (Å²) in [5.74, 6) is 0. The highest BCUT2D eigenvalue weighted by atomic mass is 79.9. The Morgan fingerprint density at radius 1 is 1.67 bits per heavy atom. The van der Waals surface area contributed by atoms with Gasteiger partial charge in [-0.2, -0.15) is 5.26 Å². The molecule has 0 bridgehead atoms. The lowest BCUT2D eigenvalue weighted by molar-refractivity contribution is 0.477. The third-order valence-electron chi connectivity index (χ3n) is 1.52. The van der Waals surface area contributed by atoms with Gasteiger partial charge in [0, 0.05) is 4.83 Å². The molecule has 0 saturated carbocycles. The van der Waals surface area contributed by atoms with E-state index in [0.29, 0.717) is 4.83 Å². The maximum Gasteiger partial charge on any atom is 0.108 e. The molecule has 1 N–H and O–H groups in total. The molecule has 1 fully saturated rings. The van der Waals surface area contributed by atoms with Crippen LogP contribution in [0.1, 0.15) is 12.8 Å². The lowest BCUT2D eigenvalue weighted by atomic mass is 10.1. The third kappa shape index (κ3) is 1.67. The molecule has 0 spiro atoms. The number of rotatable bonds is 0. The minimum atomic E-state index is 0.0266. The van der Waals surface area contributed by atoms with Gasteiger partial charge in [0.15, 0.2) is 0 Å². The maximum absolute atomic E-state index is 8.52. The lowest BCUT2D eigenvalue weighted by Crippen LogP contribution is -2.40. The smallest absolute Gasteiger partial charge is 0.108 e. The zero-order valence-corrected chi connectivity index (χ0v) is 6.69. The Balaban J connectivity index is 2.41. The fourth-order valence-electron chi connectivity index (χ4n) is 0.976. The van der Waals surface area contributed by atoms with Crippen LogP contribution < -0.4 is 5.32 Å². The minimum absolute atomic E-state index is 0.0266. The van der Waals surface area contributed by atoms with Gasteiger partial charge in [0.1, 0.15) is 6.04 Å². The summed E-state index contributed by atoms with van der Waals surface area (Å²) in [6.45, 7) is 0.986. The van der Waals surface area contributed by atoms with Crippen molar-refractivity contribution < 1.29 is 0 Å². The number of nitriles is 1. The molecule has 9 heavy (non-hydrogen) atoms. The first kappa shape index (κ1) is 7.04. The summed E-state index contributed by atoms with van der Waals surface area (Å²) in [4.78, 5) is 0.358. The van der Waals surface area contributed by atoms with Crippen LogP contribution in [-0.4, -0.2) is 17.4 Å². The van der Waals surface area contributed by atoms with E-state index in [4.69, 9.17) is 5.26 Å². The number of piperidine rings is 1. The first-order chi connectivity index (χ1) is 4.34. The zero-order chi connectivity index (χ0) is 6.69. The Labute approximate surface area is 63.4 Å². The number of hydrogen-bond donors (Lipinski definition) is 1. The second-order valence-corrected chi connectivity index (χ2v) is 3.40. The molecule has 50 valence electrons. The Morgan fingerprint density at radius 3 is 2.89 bits per heavy atom. The monoisotopic (exact) mass is 188 g/mol. The van der Waals surface area contributed by atoms with Crippen molar-refractivity contribution in [3.63, 3.8) is 0 Å². The van der Waals surface area contributed by atoms with Crippen molar-refractivity contribution in [2.45, 2.75) is 23.7 Å². The highest BCUT2D eigenvalue weighted by Gasteiger charge is 2.20. The SMILES string of the molecule is N#CC1NCCCC1Br. The molecule has 1 aliphatic heterocycles. The van der Waals surface area contributed by atoms with E-state index in [1.165, 1.54) is 6.42 Å². The summed E-state index contributed by atoms with van der Waals surface area (Å²) in [5, 5.41) is 11.6. The van der Waals surface area contributed by atoms with Gasteiger partial charge < -0.3 is 5.32 Å². The van der Waals surface area contributed by atoms with Gasteiger partial charge >= 0.3 is 0 Å². The van der Waals surface area contributed by atoms with Crippen LogP contribution in [0, 0.1) is 11.3 Å². The Morgan fingerprint density at radius 2 is 2.44 bits per heavy atom. The van der Waals surface area contributed by atoms with Crippen LogP contribution in [0.2, 0.25) is 0 Å². The first-order valence-electron chi connectivity index (χ1n) is 3.11. The van der Waals surface area contributed by atoms with Crippen molar-refractivity contribution in [2.75, 3.05) is 6.54 Å². The molecule has 0 radical (unpaired) electrons. The van der Waals surface area contributed by atoms with Crippen molar-refractivity contribution in [1.82, 2.24) is 5.32 Å². The van der Waals surface area contributed by atoms with Crippen LogP contribution in [0.5, 0.6) is 0 Å². The molecular weight excluding hydrogens is 180 g/mol. The molecule has 1 heterocycles. The number of nitrogens with zero attached hydrogens (tertiary/aromatic N) is 1. The van der Waals surface area contributed by atoms with Gasteiger partial charge in [0.05, 0.1) is 6.07 Å². The van der Waals surface area contributed by atoms with Crippen molar-refractivity contribution >= 4 is 15.9 Å². The molecule has 0 aliphatic carbocycles. The van der Waals surface area contributed by atoms with Gasteiger partial charge in [-0.25, -0.2) is 0 Å². The minimum Gasteiger partial charge on any atom is -0.301 e. The van der Waals surface area contributed by atoms with Crippen LogP contribution in [0.15, 0.2) is 0 Å². The molecule has 1 aliphatic rings. The number of nitrogens with one attached hydrogen (secondary N) is 1. The van der Waals surface area contributed by atoms with Gasteiger partial charge in [-0.3, -0.25) is 0 Å². The van der Waals surface area contributed by atoms with Gasteiger partial charge in [-0.05, 0) is 19.4 Å².